The molecule has 0 aliphatic carbocycles. The number of hydrogen-bond donors (Lipinski definition) is 2. The van der Waals surface area contributed by atoms with E-state index in [1.807, 2.05) is 12.1 Å². The Bertz CT molecular complexity index is 399. The zero-order chi connectivity index (χ0) is 12.4. The van der Waals surface area contributed by atoms with Crippen LogP contribution in [0.4, 0.5) is 0 Å². The maximum Gasteiger partial charge on any atom is 0.0681 e. The van der Waals surface area contributed by atoms with Crippen LogP contribution in [0, 0.1) is 5.92 Å². The van der Waals surface area contributed by atoms with Crippen molar-refractivity contribution >= 4 is 0 Å². The molecule has 98 valence electrons. The third-order valence-electron chi connectivity index (χ3n) is 4.40. The van der Waals surface area contributed by atoms with Gasteiger partial charge in [-0.05, 0) is 43.0 Å². The average Bonchev–Trinajstić information content (AvgIpc) is 2.46. The van der Waals surface area contributed by atoms with Crippen molar-refractivity contribution in [3.05, 3.63) is 35.4 Å². The lowest BCUT2D eigenvalue weighted by Gasteiger charge is -2.45. The van der Waals surface area contributed by atoms with Crippen LogP contribution in [0.1, 0.15) is 24.0 Å². The Morgan fingerprint density at radius 2 is 2.00 bits per heavy atom. The van der Waals surface area contributed by atoms with Crippen molar-refractivity contribution in [3.63, 3.8) is 0 Å². The fourth-order valence-corrected chi connectivity index (χ4v) is 3.28. The number of nitrogens with zero attached hydrogens (tertiary/aromatic N) is 1. The first kappa shape index (κ1) is 12.2. The van der Waals surface area contributed by atoms with Gasteiger partial charge in [-0.15, -0.1) is 0 Å². The summed E-state index contributed by atoms with van der Waals surface area (Å²) in [5.41, 5.74) is 2.28. The Hall–Kier alpha value is -0.900. The van der Waals surface area contributed by atoms with Crippen LogP contribution < -0.4 is 5.32 Å². The summed E-state index contributed by atoms with van der Waals surface area (Å²) in [4.78, 5) is 2.57. The summed E-state index contributed by atoms with van der Waals surface area (Å²) in [5, 5.41) is 12.8. The monoisotopic (exact) mass is 246 g/mol. The van der Waals surface area contributed by atoms with E-state index in [4.69, 9.17) is 5.11 Å². The van der Waals surface area contributed by atoms with Crippen molar-refractivity contribution in [2.75, 3.05) is 19.6 Å². The Morgan fingerprint density at radius 1 is 1.22 bits per heavy atom. The van der Waals surface area contributed by atoms with Crippen molar-refractivity contribution in [3.8, 4) is 0 Å². The predicted octanol–water partition coefficient (Wildman–Crippen LogP) is 1.36. The first-order valence-corrected chi connectivity index (χ1v) is 6.99. The fourth-order valence-electron chi connectivity index (χ4n) is 3.28. The van der Waals surface area contributed by atoms with Gasteiger partial charge >= 0.3 is 0 Å². The maximum atomic E-state index is 9.14. The van der Waals surface area contributed by atoms with Gasteiger partial charge in [0.25, 0.3) is 0 Å². The Kier molecular flexibility index (Phi) is 3.64. The number of fused-ring (bicyclic) bond motifs is 3. The lowest BCUT2D eigenvalue weighted by Crippen LogP contribution is -2.55. The zero-order valence-corrected chi connectivity index (χ0v) is 10.8. The number of benzene rings is 1. The molecular weight excluding hydrogens is 224 g/mol. The summed E-state index contributed by atoms with van der Waals surface area (Å²) in [6, 6.07) is 8.88. The lowest BCUT2D eigenvalue weighted by atomic mass is 9.84. The molecule has 0 amide bonds. The largest absolute Gasteiger partial charge is 0.392 e. The lowest BCUT2D eigenvalue weighted by molar-refractivity contribution is 0.0720. The van der Waals surface area contributed by atoms with E-state index in [1.165, 1.54) is 38.0 Å². The summed E-state index contributed by atoms with van der Waals surface area (Å²) in [5.74, 6) is 0.871. The van der Waals surface area contributed by atoms with Crippen LogP contribution in [-0.2, 0) is 13.2 Å². The highest BCUT2D eigenvalue weighted by molar-refractivity contribution is 5.22. The highest BCUT2D eigenvalue weighted by atomic mass is 16.3. The molecular formula is C15H22N2O. The Balaban J connectivity index is 1.57. The molecule has 4 rings (SSSR count). The fraction of sp³-hybridized carbons (Fsp3) is 0.600. The van der Waals surface area contributed by atoms with E-state index in [0.29, 0.717) is 6.04 Å². The summed E-state index contributed by atoms with van der Waals surface area (Å²) in [6.45, 7) is 4.85. The van der Waals surface area contributed by atoms with Gasteiger partial charge in [0, 0.05) is 19.1 Å². The molecule has 1 aromatic carbocycles. The summed E-state index contributed by atoms with van der Waals surface area (Å²) < 4.78 is 0. The van der Waals surface area contributed by atoms with Crippen molar-refractivity contribution in [1.82, 2.24) is 10.2 Å². The van der Waals surface area contributed by atoms with Gasteiger partial charge in [-0.1, -0.05) is 24.3 Å². The molecule has 2 N–H and O–H groups in total. The van der Waals surface area contributed by atoms with Gasteiger partial charge in [0.2, 0.25) is 0 Å². The summed E-state index contributed by atoms with van der Waals surface area (Å²) in [6.07, 6.45) is 2.71. The standard InChI is InChI=1S/C15H22N2O/c18-11-13-3-1-2-12(8-13)9-16-15-10-17-6-4-14(15)5-7-17/h1-3,8,14-16,18H,4-7,9-11H2. The first-order valence-electron chi connectivity index (χ1n) is 6.99. The van der Waals surface area contributed by atoms with Gasteiger partial charge in [-0.25, -0.2) is 0 Å². The normalized spacial score (nSPS) is 30.6. The maximum absolute atomic E-state index is 9.14. The first-order chi connectivity index (χ1) is 8.85. The molecule has 3 heterocycles. The number of nitrogens with one attached hydrogen (secondary N) is 1. The van der Waals surface area contributed by atoms with Crippen LogP contribution in [0.2, 0.25) is 0 Å². The van der Waals surface area contributed by atoms with E-state index in [1.54, 1.807) is 0 Å². The topological polar surface area (TPSA) is 35.5 Å². The minimum Gasteiger partial charge on any atom is -0.392 e. The van der Waals surface area contributed by atoms with E-state index < -0.39 is 0 Å². The van der Waals surface area contributed by atoms with Crippen LogP contribution >= 0.6 is 0 Å². The molecule has 18 heavy (non-hydrogen) atoms. The molecule has 0 aromatic heterocycles. The van der Waals surface area contributed by atoms with Crippen molar-refractivity contribution in [2.24, 2.45) is 5.92 Å². The van der Waals surface area contributed by atoms with E-state index in [9.17, 15) is 0 Å². The molecule has 3 heteroatoms. The quantitative estimate of drug-likeness (QED) is 0.842. The Morgan fingerprint density at radius 3 is 2.67 bits per heavy atom. The number of hydrogen-bond acceptors (Lipinski definition) is 3. The van der Waals surface area contributed by atoms with Gasteiger partial charge in [0.05, 0.1) is 6.61 Å². The number of aliphatic hydroxyl groups is 1. The van der Waals surface area contributed by atoms with E-state index in [2.05, 4.69) is 22.3 Å². The van der Waals surface area contributed by atoms with Crippen LogP contribution in [0.5, 0.6) is 0 Å². The van der Waals surface area contributed by atoms with Crippen molar-refractivity contribution < 1.29 is 5.11 Å². The van der Waals surface area contributed by atoms with Gasteiger partial charge in [-0.3, -0.25) is 0 Å². The second-order valence-corrected chi connectivity index (χ2v) is 5.60. The smallest absolute Gasteiger partial charge is 0.0681 e. The summed E-state index contributed by atoms with van der Waals surface area (Å²) in [7, 11) is 0. The molecule has 0 spiro atoms. The van der Waals surface area contributed by atoms with Crippen molar-refractivity contribution in [2.45, 2.75) is 32.0 Å². The molecule has 1 aromatic rings. The SMILES string of the molecule is OCc1cccc(CNC2CN3CCC2CC3)c1. The second kappa shape index (κ2) is 5.39. The molecule has 1 atom stereocenters. The van der Waals surface area contributed by atoms with Crippen LogP contribution in [0.3, 0.4) is 0 Å². The predicted molar refractivity (Wildman–Crippen MR) is 72.2 cm³/mol. The van der Waals surface area contributed by atoms with E-state index >= 15 is 0 Å². The molecule has 3 fully saturated rings. The third-order valence-corrected chi connectivity index (χ3v) is 4.40. The highest BCUT2D eigenvalue weighted by Crippen LogP contribution is 2.27. The Labute approximate surface area is 109 Å². The molecule has 3 aliphatic heterocycles. The summed E-state index contributed by atoms with van der Waals surface area (Å²) >= 11 is 0. The molecule has 3 aliphatic rings. The van der Waals surface area contributed by atoms with Gasteiger partial charge in [0.1, 0.15) is 0 Å². The average molecular weight is 246 g/mol. The van der Waals surface area contributed by atoms with Crippen LogP contribution in [-0.4, -0.2) is 35.7 Å². The molecule has 3 saturated heterocycles. The van der Waals surface area contributed by atoms with Gasteiger partial charge < -0.3 is 15.3 Å². The van der Waals surface area contributed by atoms with Gasteiger partial charge in [0.15, 0.2) is 0 Å². The second-order valence-electron chi connectivity index (χ2n) is 5.60. The zero-order valence-electron chi connectivity index (χ0n) is 10.8. The number of rotatable bonds is 4. The van der Waals surface area contributed by atoms with E-state index in [-0.39, 0.29) is 6.61 Å². The van der Waals surface area contributed by atoms with Gasteiger partial charge in [-0.2, -0.15) is 0 Å². The molecule has 0 radical (unpaired) electrons. The molecule has 3 nitrogen and oxygen atoms in total. The molecule has 2 bridgehead atoms. The highest BCUT2D eigenvalue weighted by Gasteiger charge is 2.33. The number of aliphatic hydroxyl groups excluding tert-OH is 1. The minimum atomic E-state index is 0.133. The van der Waals surface area contributed by atoms with Crippen molar-refractivity contribution in [1.29, 1.82) is 0 Å². The van der Waals surface area contributed by atoms with Crippen LogP contribution in [0.15, 0.2) is 24.3 Å². The third kappa shape index (κ3) is 2.58. The number of piperidine rings is 3. The molecule has 0 saturated carbocycles. The minimum absolute atomic E-state index is 0.133. The van der Waals surface area contributed by atoms with Crippen LogP contribution in [0.25, 0.3) is 0 Å². The van der Waals surface area contributed by atoms with E-state index in [0.717, 1.165) is 18.0 Å². The molecule has 1 unspecified atom stereocenters.